The van der Waals surface area contributed by atoms with E-state index in [1.807, 2.05) is 30.5 Å². The quantitative estimate of drug-likeness (QED) is 0.565. The molecule has 4 nitrogen and oxygen atoms in total. The summed E-state index contributed by atoms with van der Waals surface area (Å²) in [5.41, 5.74) is 2.91. The Morgan fingerprint density at radius 2 is 2.30 bits per heavy atom. The molecule has 3 aromatic rings. The summed E-state index contributed by atoms with van der Waals surface area (Å²) in [6.07, 6.45) is 5.47. The molecule has 2 N–H and O–H groups in total. The number of nitrogens with zero attached hydrogens (tertiary/aromatic N) is 2. The molecule has 0 atom stereocenters. The van der Waals surface area contributed by atoms with E-state index < -0.39 is 0 Å². The fourth-order valence-electron chi connectivity index (χ4n) is 2.11. The lowest BCUT2D eigenvalue weighted by molar-refractivity contribution is 1.23. The van der Waals surface area contributed by atoms with Crippen molar-refractivity contribution in [2.45, 2.75) is 0 Å². The average Bonchev–Trinajstić information content (AvgIpc) is 2.88. The molecule has 3 rings (SSSR count). The zero-order valence-corrected chi connectivity index (χ0v) is 11.5. The molecule has 0 fully saturated rings. The van der Waals surface area contributed by atoms with E-state index in [9.17, 15) is 0 Å². The molecule has 0 amide bonds. The Kier molecular flexibility index (Phi) is 3.39. The summed E-state index contributed by atoms with van der Waals surface area (Å²) >= 11 is 6.09. The Morgan fingerprint density at radius 1 is 1.40 bits per heavy atom. The van der Waals surface area contributed by atoms with Crippen LogP contribution in [0.25, 0.3) is 22.2 Å². The van der Waals surface area contributed by atoms with Crippen LogP contribution in [0.5, 0.6) is 0 Å². The molecule has 20 heavy (non-hydrogen) atoms. The SMILES string of the molecule is C=CCNc1cc(-c2c[nH]c3ncccc23)cc(Cl)n1. The molecular formula is C15H13ClN4. The van der Waals surface area contributed by atoms with Crippen molar-refractivity contribution in [2.75, 3.05) is 11.9 Å². The molecule has 0 aliphatic rings. The lowest BCUT2D eigenvalue weighted by atomic mass is 10.1. The summed E-state index contributed by atoms with van der Waals surface area (Å²) in [5.74, 6) is 0.727. The fourth-order valence-corrected chi connectivity index (χ4v) is 2.32. The van der Waals surface area contributed by atoms with Gasteiger partial charge in [-0.05, 0) is 29.8 Å². The van der Waals surface area contributed by atoms with Gasteiger partial charge in [-0.25, -0.2) is 9.97 Å². The maximum absolute atomic E-state index is 6.09. The maximum Gasteiger partial charge on any atom is 0.137 e. The Labute approximate surface area is 121 Å². The number of nitrogens with one attached hydrogen (secondary N) is 2. The summed E-state index contributed by atoms with van der Waals surface area (Å²) in [5, 5.41) is 4.66. The first-order chi connectivity index (χ1) is 9.78. The van der Waals surface area contributed by atoms with Crippen LogP contribution in [0.3, 0.4) is 0 Å². The van der Waals surface area contributed by atoms with Crippen molar-refractivity contribution in [1.29, 1.82) is 0 Å². The summed E-state index contributed by atoms with van der Waals surface area (Å²) in [6, 6.07) is 7.75. The molecule has 3 aromatic heterocycles. The van der Waals surface area contributed by atoms with Gasteiger partial charge in [-0.15, -0.1) is 6.58 Å². The zero-order valence-electron chi connectivity index (χ0n) is 10.7. The van der Waals surface area contributed by atoms with Gasteiger partial charge in [-0.2, -0.15) is 0 Å². The Bertz CT molecular complexity index is 763. The minimum Gasteiger partial charge on any atom is -0.367 e. The number of aromatic amines is 1. The molecule has 0 aromatic carbocycles. The van der Waals surface area contributed by atoms with E-state index in [2.05, 4.69) is 26.8 Å². The van der Waals surface area contributed by atoms with Gasteiger partial charge in [-0.3, -0.25) is 0 Å². The number of rotatable bonds is 4. The van der Waals surface area contributed by atoms with Gasteiger partial charge in [0.2, 0.25) is 0 Å². The minimum absolute atomic E-state index is 0.451. The predicted octanol–water partition coefficient (Wildman–Crippen LogP) is 3.88. The van der Waals surface area contributed by atoms with Crippen LogP contribution < -0.4 is 5.32 Å². The third-order valence-corrected chi connectivity index (χ3v) is 3.18. The molecule has 0 saturated carbocycles. The molecule has 0 unspecified atom stereocenters. The molecule has 100 valence electrons. The highest BCUT2D eigenvalue weighted by Gasteiger charge is 2.09. The normalized spacial score (nSPS) is 10.7. The van der Waals surface area contributed by atoms with E-state index in [1.54, 1.807) is 12.3 Å². The number of anilines is 1. The van der Waals surface area contributed by atoms with E-state index in [1.165, 1.54) is 0 Å². The molecule has 5 heteroatoms. The van der Waals surface area contributed by atoms with E-state index in [0.29, 0.717) is 11.7 Å². The highest BCUT2D eigenvalue weighted by Crippen LogP contribution is 2.30. The molecule has 0 radical (unpaired) electrons. The summed E-state index contributed by atoms with van der Waals surface area (Å²) in [4.78, 5) is 11.7. The van der Waals surface area contributed by atoms with Crippen molar-refractivity contribution in [3.8, 4) is 11.1 Å². The van der Waals surface area contributed by atoms with Crippen LogP contribution in [0, 0.1) is 0 Å². The fraction of sp³-hybridized carbons (Fsp3) is 0.0667. The molecule has 0 bridgehead atoms. The number of fused-ring (bicyclic) bond motifs is 1. The van der Waals surface area contributed by atoms with Gasteiger partial charge in [0.25, 0.3) is 0 Å². The first kappa shape index (κ1) is 12.7. The predicted molar refractivity (Wildman–Crippen MR) is 83.0 cm³/mol. The number of halogens is 1. The second-order valence-corrected chi connectivity index (χ2v) is 4.72. The highest BCUT2D eigenvalue weighted by atomic mass is 35.5. The molecular weight excluding hydrogens is 272 g/mol. The van der Waals surface area contributed by atoms with Crippen LogP contribution in [0.2, 0.25) is 5.15 Å². The minimum atomic E-state index is 0.451. The number of hydrogen-bond acceptors (Lipinski definition) is 3. The van der Waals surface area contributed by atoms with Gasteiger partial charge in [0.05, 0.1) is 0 Å². The molecule has 3 heterocycles. The van der Waals surface area contributed by atoms with Gasteiger partial charge in [0, 0.05) is 29.9 Å². The van der Waals surface area contributed by atoms with Crippen molar-refractivity contribution in [2.24, 2.45) is 0 Å². The second kappa shape index (κ2) is 5.35. The van der Waals surface area contributed by atoms with E-state index in [0.717, 1.165) is 28.0 Å². The number of pyridine rings is 2. The van der Waals surface area contributed by atoms with Crippen molar-refractivity contribution >= 4 is 28.5 Å². The van der Waals surface area contributed by atoms with Crippen LogP contribution in [0.15, 0.2) is 49.3 Å². The second-order valence-electron chi connectivity index (χ2n) is 4.34. The van der Waals surface area contributed by atoms with Crippen LogP contribution in [0.1, 0.15) is 0 Å². The van der Waals surface area contributed by atoms with E-state index in [-0.39, 0.29) is 0 Å². The lowest BCUT2D eigenvalue weighted by Crippen LogP contribution is -2.00. The van der Waals surface area contributed by atoms with Gasteiger partial charge in [0.1, 0.15) is 16.6 Å². The molecule has 0 aliphatic heterocycles. The number of H-pyrrole nitrogens is 1. The summed E-state index contributed by atoms with van der Waals surface area (Å²) in [6.45, 7) is 4.32. The van der Waals surface area contributed by atoms with E-state index in [4.69, 9.17) is 11.6 Å². The Balaban J connectivity index is 2.09. The van der Waals surface area contributed by atoms with Gasteiger partial charge in [-0.1, -0.05) is 17.7 Å². The Morgan fingerprint density at radius 3 is 3.15 bits per heavy atom. The summed E-state index contributed by atoms with van der Waals surface area (Å²) < 4.78 is 0. The lowest BCUT2D eigenvalue weighted by Gasteiger charge is -2.06. The third-order valence-electron chi connectivity index (χ3n) is 2.98. The first-order valence-corrected chi connectivity index (χ1v) is 6.60. The average molecular weight is 285 g/mol. The number of aromatic nitrogens is 3. The highest BCUT2D eigenvalue weighted by molar-refractivity contribution is 6.29. The Hall–Kier alpha value is -2.33. The number of hydrogen-bond donors (Lipinski definition) is 2. The largest absolute Gasteiger partial charge is 0.367 e. The van der Waals surface area contributed by atoms with Gasteiger partial charge in [0.15, 0.2) is 0 Å². The zero-order chi connectivity index (χ0) is 13.9. The van der Waals surface area contributed by atoms with Crippen LogP contribution >= 0.6 is 11.6 Å². The topological polar surface area (TPSA) is 53.6 Å². The smallest absolute Gasteiger partial charge is 0.137 e. The van der Waals surface area contributed by atoms with Crippen molar-refractivity contribution in [1.82, 2.24) is 15.0 Å². The van der Waals surface area contributed by atoms with Crippen molar-refractivity contribution < 1.29 is 0 Å². The van der Waals surface area contributed by atoms with Gasteiger partial charge >= 0.3 is 0 Å². The van der Waals surface area contributed by atoms with Gasteiger partial charge < -0.3 is 10.3 Å². The van der Waals surface area contributed by atoms with Crippen LogP contribution in [-0.2, 0) is 0 Å². The third kappa shape index (κ3) is 2.38. The molecule has 0 aliphatic carbocycles. The van der Waals surface area contributed by atoms with Crippen molar-refractivity contribution in [3.63, 3.8) is 0 Å². The van der Waals surface area contributed by atoms with Crippen LogP contribution in [0.4, 0.5) is 5.82 Å². The maximum atomic E-state index is 6.09. The molecule has 0 saturated heterocycles. The summed E-state index contributed by atoms with van der Waals surface area (Å²) in [7, 11) is 0. The molecule has 0 spiro atoms. The first-order valence-electron chi connectivity index (χ1n) is 6.23. The monoisotopic (exact) mass is 284 g/mol. The van der Waals surface area contributed by atoms with E-state index >= 15 is 0 Å². The standard InChI is InChI=1S/C15H13ClN4/c1-2-5-17-14-8-10(7-13(16)20-14)12-9-19-15-11(12)4-3-6-18-15/h2-4,6-9H,1,5H2,(H,17,20)(H,18,19). The van der Waals surface area contributed by atoms with Crippen molar-refractivity contribution in [3.05, 3.63) is 54.5 Å². The van der Waals surface area contributed by atoms with Crippen LogP contribution in [-0.4, -0.2) is 21.5 Å².